The second-order valence-electron chi connectivity index (χ2n) is 3.60. The molecule has 1 rings (SSSR count). The van der Waals surface area contributed by atoms with Gasteiger partial charge in [0, 0.05) is 5.56 Å². The fourth-order valence-corrected chi connectivity index (χ4v) is 2.33. The van der Waals surface area contributed by atoms with Gasteiger partial charge >= 0.3 is 5.97 Å². The Kier molecular flexibility index (Phi) is 3.92. The Morgan fingerprint density at radius 3 is 2.50 bits per heavy atom. The molecule has 0 spiro atoms. The molecule has 0 aliphatic heterocycles. The molecular formula is C10H12N2O5S. The quantitative estimate of drug-likeness (QED) is 0.691. The van der Waals surface area contributed by atoms with E-state index in [-0.39, 0.29) is 11.3 Å². The molecule has 18 heavy (non-hydrogen) atoms. The summed E-state index contributed by atoms with van der Waals surface area (Å²) in [5, 5.41) is 8.45. The summed E-state index contributed by atoms with van der Waals surface area (Å²) in [6, 6.07) is 4.32. The highest BCUT2D eigenvalue weighted by Gasteiger charge is 2.17. The third-order valence-corrected chi connectivity index (χ3v) is 3.34. The molecule has 0 radical (unpaired) electrons. The Labute approximate surface area is 104 Å². The number of carboxylic acids is 1. The van der Waals surface area contributed by atoms with E-state index in [0.717, 1.165) is 0 Å². The fourth-order valence-electron chi connectivity index (χ4n) is 1.38. The van der Waals surface area contributed by atoms with Gasteiger partial charge in [-0.1, -0.05) is 6.07 Å². The van der Waals surface area contributed by atoms with Crippen LogP contribution in [-0.2, 0) is 14.8 Å². The number of carboxylic acid groups (broad SMARTS) is 1. The molecule has 4 N–H and O–H groups in total. The Morgan fingerprint density at radius 1 is 1.39 bits per heavy atom. The van der Waals surface area contributed by atoms with Gasteiger partial charge in [0.2, 0.25) is 15.9 Å². The molecule has 98 valence electrons. The van der Waals surface area contributed by atoms with E-state index < -0.39 is 27.7 Å². The highest BCUT2D eigenvalue weighted by molar-refractivity contribution is 7.93. The first-order chi connectivity index (χ1) is 8.23. The maximum absolute atomic E-state index is 11.4. The minimum Gasteiger partial charge on any atom is -0.480 e. The summed E-state index contributed by atoms with van der Waals surface area (Å²) in [5.41, 5.74) is 5.77. The van der Waals surface area contributed by atoms with Crippen LogP contribution >= 0.6 is 0 Å². The number of hydrogen-bond acceptors (Lipinski definition) is 4. The van der Waals surface area contributed by atoms with Crippen molar-refractivity contribution in [3.63, 3.8) is 0 Å². The molecule has 1 aromatic rings. The number of rotatable bonds is 5. The Hall–Kier alpha value is -2.09. The number of sulfonamides is 1. The molecule has 0 saturated carbocycles. The number of hydrogen-bond donors (Lipinski definition) is 3. The molecule has 0 aliphatic carbocycles. The van der Waals surface area contributed by atoms with Crippen LogP contribution in [-0.4, -0.2) is 31.2 Å². The lowest BCUT2D eigenvalue weighted by molar-refractivity contribution is -0.134. The SMILES string of the molecule is Cc1c(NS(=O)(=O)CC(=O)O)cccc1C(N)=O. The Balaban J connectivity index is 3.10. The Bertz CT molecular complexity index is 594. The summed E-state index contributed by atoms with van der Waals surface area (Å²) in [6.45, 7) is 1.51. The summed E-state index contributed by atoms with van der Waals surface area (Å²) in [7, 11) is -4.00. The van der Waals surface area contributed by atoms with Gasteiger partial charge < -0.3 is 10.8 Å². The van der Waals surface area contributed by atoms with Gasteiger partial charge in [-0.25, -0.2) is 8.42 Å². The van der Waals surface area contributed by atoms with Crippen molar-refractivity contribution in [2.45, 2.75) is 6.92 Å². The molecule has 8 heteroatoms. The van der Waals surface area contributed by atoms with Gasteiger partial charge in [0.15, 0.2) is 5.75 Å². The molecule has 1 amide bonds. The minimum atomic E-state index is -4.00. The molecule has 0 bridgehead atoms. The van der Waals surface area contributed by atoms with Crippen molar-refractivity contribution in [3.8, 4) is 0 Å². The minimum absolute atomic E-state index is 0.132. The van der Waals surface area contributed by atoms with E-state index in [1.165, 1.54) is 25.1 Å². The van der Waals surface area contributed by atoms with Crippen molar-refractivity contribution >= 4 is 27.6 Å². The van der Waals surface area contributed by atoms with E-state index in [4.69, 9.17) is 10.8 Å². The zero-order chi connectivity index (χ0) is 13.9. The number of primary amides is 1. The van der Waals surface area contributed by atoms with Crippen LogP contribution in [0.25, 0.3) is 0 Å². The molecular weight excluding hydrogens is 260 g/mol. The number of anilines is 1. The maximum atomic E-state index is 11.4. The first-order valence-electron chi connectivity index (χ1n) is 4.84. The molecule has 1 aromatic carbocycles. The van der Waals surface area contributed by atoms with E-state index in [1.807, 2.05) is 0 Å². The topological polar surface area (TPSA) is 127 Å². The van der Waals surface area contributed by atoms with Gasteiger partial charge in [0.05, 0.1) is 5.69 Å². The number of aliphatic carboxylic acids is 1. The summed E-state index contributed by atoms with van der Waals surface area (Å²) in [4.78, 5) is 21.4. The second kappa shape index (κ2) is 5.05. The zero-order valence-electron chi connectivity index (χ0n) is 9.50. The van der Waals surface area contributed by atoms with Crippen molar-refractivity contribution in [2.75, 3.05) is 10.5 Å². The number of nitrogens with one attached hydrogen (secondary N) is 1. The average Bonchev–Trinajstić information content (AvgIpc) is 2.18. The molecule has 0 atom stereocenters. The van der Waals surface area contributed by atoms with Crippen LogP contribution in [0.15, 0.2) is 18.2 Å². The number of carbonyl (C=O) groups is 2. The zero-order valence-corrected chi connectivity index (χ0v) is 10.3. The maximum Gasteiger partial charge on any atom is 0.320 e. The van der Waals surface area contributed by atoms with Gasteiger partial charge in [-0.2, -0.15) is 0 Å². The molecule has 7 nitrogen and oxygen atoms in total. The van der Waals surface area contributed by atoms with Gasteiger partial charge in [-0.05, 0) is 24.6 Å². The van der Waals surface area contributed by atoms with Gasteiger partial charge in [-0.15, -0.1) is 0 Å². The van der Waals surface area contributed by atoms with Crippen molar-refractivity contribution in [1.82, 2.24) is 0 Å². The van der Waals surface area contributed by atoms with Crippen LogP contribution in [0.4, 0.5) is 5.69 Å². The van der Waals surface area contributed by atoms with E-state index in [0.29, 0.717) is 5.56 Å². The largest absolute Gasteiger partial charge is 0.480 e. The van der Waals surface area contributed by atoms with E-state index >= 15 is 0 Å². The summed E-state index contributed by atoms with van der Waals surface area (Å²) in [6.07, 6.45) is 0. The lowest BCUT2D eigenvalue weighted by Crippen LogP contribution is -2.23. The number of nitrogens with two attached hydrogens (primary N) is 1. The van der Waals surface area contributed by atoms with Crippen LogP contribution < -0.4 is 10.5 Å². The first kappa shape index (κ1) is 14.0. The molecule has 0 aliphatic rings. The molecule has 0 fully saturated rings. The van der Waals surface area contributed by atoms with Crippen molar-refractivity contribution in [2.24, 2.45) is 5.73 Å². The molecule has 0 saturated heterocycles. The van der Waals surface area contributed by atoms with E-state index in [9.17, 15) is 18.0 Å². The van der Waals surface area contributed by atoms with Gasteiger partial charge in [0.1, 0.15) is 0 Å². The standard InChI is InChI=1S/C10H12N2O5S/c1-6-7(10(11)15)3-2-4-8(6)12-18(16,17)5-9(13)14/h2-4,12H,5H2,1H3,(H2,11,15)(H,13,14). The van der Waals surface area contributed by atoms with Crippen LogP contribution in [0.1, 0.15) is 15.9 Å². The monoisotopic (exact) mass is 272 g/mol. The lowest BCUT2D eigenvalue weighted by atomic mass is 10.1. The second-order valence-corrected chi connectivity index (χ2v) is 5.32. The smallest absolute Gasteiger partial charge is 0.320 e. The highest BCUT2D eigenvalue weighted by atomic mass is 32.2. The van der Waals surface area contributed by atoms with Crippen LogP contribution in [0.3, 0.4) is 0 Å². The Morgan fingerprint density at radius 2 is 2.00 bits per heavy atom. The van der Waals surface area contributed by atoms with E-state index in [1.54, 1.807) is 0 Å². The number of benzene rings is 1. The average molecular weight is 272 g/mol. The third kappa shape index (κ3) is 3.45. The highest BCUT2D eigenvalue weighted by Crippen LogP contribution is 2.19. The van der Waals surface area contributed by atoms with Crippen molar-refractivity contribution < 1.29 is 23.1 Å². The van der Waals surface area contributed by atoms with Gasteiger partial charge in [0.25, 0.3) is 0 Å². The van der Waals surface area contributed by atoms with Crippen LogP contribution in [0.2, 0.25) is 0 Å². The first-order valence-corrected chi connectivity index (χ1v) is 6.50. The molecule has 0 unspecified atom stereocenters. The molecule has 0 aromatic heterocycles. The number of carbonyl (C=O) groups excluding carboxylic acids is 1. The lowest BCUT2D eigenvalue weighted by Gasteiger charge is -2.11. The van der Waals surface area contributed by atoms with E-state index in [2.05, 4.69) is 4.72 Å². The summed E-state index contributed by atoms with van der Waals surface area (Å²) in [5.74, 6) is -3.20. The van der Waals surface area contributed by atoms with Gasteiger partial charge in [-0.3, -0.25) is 14.3 Å². The molecule has 0 heterocycles. The normalized spacial score (nSPS) is 10.9. The summed E-state index contributed by atoms with van der Waals surface area (Å²) < 4.78 is 25.0. The van der Waals surface area contributed by atoms with Crippen molar-refractivity contribution in [1.29, 1.82) is 0 Å². The fraction of sp³-hybridized carbons (Fsp3) is 0.200. The number of amides is 1. The van der Waals surface area contributed by atoms with Crippen LogP contribution in [0.5, 0.6) is 0 Å². The summed E-state index contributed by atoms with van der Waals surface area (Å²) >= 11 is 0. The third-order valence-electron chi connectivity index (χ3n) is 2.18. The van der Waals surface area contributed by atoms with Crippen LogP contribution in [0, 0.1) is 6.92 Å². The van der Waals surface area contributed by atoms with Crippen molar-refractivity contribution in [3.05, 3.63) is 29.3 Å². The predicted molar refractivity (Wildman–Crippen MR) is 64.7 cm³/mol. The predicted octanol–water partition coefficient (Wildman–Crippen LogP) is -0.0798.